The van der Waals surface area contributed by atoms with Crippen molar-refractivity contribution in [3.8, 4) is 0 Å². The van der Waals surface area contributed by atoms with Crippen LogP contribution in [0, 0.1) is 25.7 Å². The van der Waals surface area contributed by atoms with Crippen LogP contribution in [-0.4, -0.2) is 24.9 Å². The Morgan fingerprint density at radius 1 is 0.857 bits per heavy atom. The first kappa shape index (κ1) is 17.6. The molecule has 0 spiro atoms. The topological polar surface area (TPSA) is 58.2 Å². The zero-order valence-electron chi connectivity index (χ0n) is 16.4. The van der Waals surface area contributed by atoms with Crippen LogP contribution in [-0.2, 0) is 20.4 Å². The highest BCUT2D eigenvalue weighted by Gasteiger charge is 2.69. The third-order valence-corrected chi connectivity index (χ3v) is 7.18. The number of nitrogens with one attached hydrogen (secondary N) is 2. The normalized spacial score (nSPS) is 34.1. The number of benzene rings is 2. The summed E-state index contributed by atoms with van der Waals surface area (Å²) >= 11 is 0. The number of piperidine rings is 2. The number of rotatable bonds is 2. The number of hydrogen-bond donors (Lipinski definition) is 2. The van der Waals surface area contributed by atoms with Crippen molar-refractivity contribution < 1.29 is 9.59 Å². The molecule has 4 nitrogen and oxygen atoms in total. The highest BCUT2D eigenvalue weighted by Crippen LogP contribution is 2.58. The van der Waals surface area contributed by atoms with Crippen molar-refractivity contribution in [2.75, 3.05) is 13.1 Å². The molecule has 4 atom stereocenters. The second-order valence-corrected chi connectivity index (χ2v) is 8.97. The summed E-state index contributed by atoms with van der Waals surface area (Å²) in [4.78, 5) is 23.0. The number of carbonyl (C=O) groups is 2. The maximum absolute atomic E-state index is 11.7. The molecule has 0 radical (unpaired) electrons. The van der Waals surface area contributed by atoms with Crippen LogP contribution in [0.3, 0.4) is 0 Å². The number of carbonyl (C=O) groups excluding carboxylic acids is 2. The van der Waals surface area contributed by atoms with Gasteiger partial charge in [-0.2, -0.15) is 0 Å². The molecular weight excluding hydrogens is 348 g/mol. The van der Waals surface area contributed by atoms with E-state index in [2.05, 4.69) is 41.8 Å². The van der Waals surface area contributed by atoms with E-state index in [4.69, 9.17) is 0 Å². The number of amides is 2. The lowest BCUT2D eigenvalue weighted by Gasteiger charge is -2.11. The Labute approximate surface area is 165 Å². The van der Waals surface area contributed by atoms with Gasteiger partial charge in [-0.25, -0.2) is 0 Å². The molecule has 4 fully saturated rings. The highest BCUT2D eigenvalue weighted by molar-refractivity contribution is 6.15. The van der Waals surface area contributed by atoms with Crippen molar-refractivity contribution in [1.82, 2.24) is 10.6 Å². The maximum atomic E-state index is 11.7. The van der Waals surface area contributed by atoms with E-state index >= 15 is 0 Å². The summed E-state index contributed by atoms with van der Waals surface area (Å²) in [5, 5.41) is 5.87. The Balaban J connectivity index is 0.000000123. The summed E-state index contributed by atoms with van der Waals surface area (Å²) in [6.45, 7) is 6.58. The minimum Gasteiger partial charge on any atom is -0.316 e. The zero-order valence-corrected chi connectivity index (χ0v) is 16.4. The highest BCUT2D eigenvalue weighted by atomic mass is 16.2. The van der Waals surface area contributed by atoms with E-state index in [1.165, 1.54) is 25.1 Å². The summed E-state index contributed by atoms with van der Waals surface area (Å²) in [6, 6.07) is 17.0. The molecule has 2 saturated heterocycles. The molecule has 144 valence electrons. The molecule has 2 unspecified atom stereocenters. The van der Waals surface area contributed by atoms with Gasteiger partial charge in [0.1, 0.15) is 0 Å². The van der Waals surface area contributed by atoms with E-state index in [0.717, 1.165) is 17.0 Å². The van der Waals surface area contributed by atoms with Crippen LogP contribution in [0.2, 0.25) is 0 Å². The largest absolute Gasteiger partial charge is 0.316 e. The molecule has 2 aromatic rings. The molecule has 2 saturated carbocycles. The third kappa shape index (κ3) is 2.55. The van der Waals surface area contributed by atoms with Crippen LogP contribution in [0.25, 0.3) is 0 Å². The van der Waals surface area contributed by atoms with Gasteiger partial charge in [0, 0.05) is 12.0 Å². The standard InChI is InChI=1S/C12H11NO2.C12H15N/c1-7-2-4-8(5-3-7)12-6-9(12)10(14)13-11(12)15;1-9-2-4-10(5-3-9)12-6-11(12)7-13-8-12/h2-5,9H,6H2,1H3,(H,13,14,15);2-5,11,13H,6-8H2,1H3/t9?,12-;11?,12-/m00/s1. The summed E-state index contributed by atoms with van der Waals surface area (Å²) in [7, 11) is 0. The SMILES string of the molecule is Cc1ccc([C@@]23CC2C(=O)NC3=O)cc1.Cc1ccc([C@]23CNCC2C3)cc1. The lowest BCUT2D eigenvalue weighted by molar-refractivity contribution is -0.127. The first-order valence-corrected chi connectivity index (χ1v) is 10.2. The molecule has 28 heavy (non-hydrogen) atoms. The second-order valence-electron chi connectivity index (χ2n) is 8.97. The van der Waals surface area contributed by atoms with Gasteiger partial charge in [0.05, 0.1) is 11.3 Å². The van der Waals surface area contributed by atoms with Gasteiger partial charge in [-0.05, 0) is 50.3 Å². The lowest BCUT2D eigenvalue weighted by Crippen LogP contribution is -2.30. The zero-order chi connectivity index (χ0) is 19.5. The Bertz CT molecular complexity index is 950. The van der Waals surface area contributed by atoms with Crippen molar-refractivity contribution >= 4 is 11.8 Å². The Morgan fingerprint density at radius 2 is 1.46 bits per heavy atom. The fourth-order valence-electron chi connectivity index (χ4n) is 5.12. The fraction of sp³-hybridized carbons (Fsp3) is 0.417. The molecular formula is C24H26N2O2. The predicted molar refractivity (Wildman–Crippen MR) is 108 cm³/mol. The van der Waals surface area contributed by atoms with Gasteiger partial charge >= 0.3 is 0 Å². The first-order valence-electron chi connectivity index (χ1n) is 10.2. The molecule has 2 aliphatic heterocycles. The van der Waals surface area contributed by atoms with Crippen molar-refractivity contribution in [2.45, 2.75) is 37.5 Å². The summed E-state index contributed by atoms with van der Waals surface area (Å²) in [6.07, 6.45) is 2.09. The van der Waals surface area contributed by atoms with Crippen LogP contribution in [0.5, 0.6) is 0 Å². The van der Waals surface area contributed by atoms with Crippen LogP contribution < -0.4 is 10.6 Å². The van der Waals surface area contributed by atoms with Crippen LogP contribution in [0.4, 0.5) is 0 Å². The molecule has 2 N–H and O–H groups in total. The van der Waals surface area contributed by atoms with E-state index < -0.39 is 5.41 Å². The summed E-state index contributed by atoms with van der Waals surface area (Å²) in [5.41, 5.74) is 5.06. The fourth-order valence-corrected chi connectivity index (χ4v) is 5.12. The van der Waals surface area contributed by atoms with Gasteiger partial charge in [0.25, 0.3) is 0 Å². The van der Waals surface area contributed by atoms with E-state index in [9.17, 15) is 9.59 Å². The smallest absolute Gasteiger partial charge is 0.238 e. The third-order valence-electron chi connectivity index (χ3n) is 7.18. The van der Waals surface area contributed by atoms with Crippen LogP contribution in [0.1, 0.15) is 35.1 Å². The minimum atomic E-state index is -0.523. The Morgan fingerprint density at radius 3 is 1.89 bits per heavy atom. The number of hydrogen-bond acceptors (Lipinski definition) is 3. The van der Waals surface area contributed by atoms with Gasteiger partial charge in [0.15, 0.2) is 0 Å². The van der Waals surface area contributed by atoms with Crippen molar-refractivity contribution in [3.63, 3.8) is 0 Å². The molecule has 2 heterocycles. The van der Waals surface area contributed by atoms with E-state index in [1.807, 2.05) is 31.2 Å². The molecule has 0 bridgehead atoms. The molecule has 4 aliphatic rings. The quantitative estimate of drug-likeness (QED) is 0.795. The van der Waals surface area contributed by atoms with Crippen LogP contribution in [0.15, 0.2) is 48.5 Å². The Kier molecular flexibility index (Phi) is 3.79. The average molecular weight is 374 g/mol. The van der Waals surface area contributed by atoms with Gasteiger partial charge in [0.2, 0.25) is 11.8 Å². The number of aryl methyl sites for hydroxylation is 2. The molecule has 2 aromatic carbocycles. The maximum Gasteiger partial charge on any atom is 0.238 e. The average Bonchev–Trinajstić information content (AvgIpc) is 3.55. The Hall–Kier alpha value is -2.46. The first-order chi connectivity index (χ1) is 13.5. The molecule has 0 aromatic heterocycles. The van der Waals surface area contributed by atoms with Gasteiger partial charge in [-0.3, -0.25) is 14.9 Å². The van der Waals surface area contributed by atoms with Crippen LogP contribution >= 0.6 is 0 Å². The minimum absolute atomic E-state index is 0.111. The van der Waals surface area contributed by atoms with E-state index in [-0.39, 0.29) is 17.7 Å². The molecule has 2 amide bonds. The molecule has 6 rings (SSSR count). The molecule has 4 heteroatoms. The van der Waals surface area contributed by atoms with Gasteiger partial charge < -0.3 is 5.32 Å². The number of imide groups is 1. The molecule has 2 aliphatic carbocycles. The van der Waals surface area contributed by atoms with Crippen molar-refractivity contribution in [1.29, 1.82) is 0 Å². The van der Waals surface area contributed by atoms with E-state index in [0.29, 0.717) is 11.8 Å². The predicted octanol–water partition coefficient (Wildman–Crippen LogP) is 2.77. The second kappa shape index (κ2) is 6.02. The summed E-state index contributed by atoms with van der Waals surface area (Å²) < 4.78 is 0. The van der Waals surface area contributed by atoms with Gasteiger partial charge in [-0.1, -0.05) is 59.7 Å². The monoisotopic (exact) mass is 374 g/mol. The van der Waals surface area contributed by atoms with Gasteiger partial charge in [-0.15, -0.1) is 0 Å². The van der Waals surface area contributed by atoms with Crippen molar-refractivity contribution in [3.05, 3.63) is 70.8 Å². The van der Waals surface area contributed by atoms with Crippen molar-refractivity contribution in [2.24, 2.45) is 11.8 Å². The lowest BCUT2D eigenvalue weighted by atomic mass is 9.93. The number of fused-ring (bicyclic) bond motifs is 2. The van der Waals surface area contributed by atoms with E-state index in [1.54, 1.807) is 5.56 Å². The summed E-state index contributed by atoms with van der Waals surface area (Å²) in [5.74, 6) is 0.574.